The van der Waals surface area contributed by atoms with Crippen LogP contribution in [-0.4, -0.2) is 17.6 Å². The van der Waals surface area contributed by atoms with Crippen molar-refractivity contribution in [2.24, 2.45) is 5.92 Å². The van der Waals surface area contributed by atoms with Crippen molar-refractivity contribution in [3.05, 3.63) is 23.9 Å². The summed E-state index contributed by atoms with van der Waals surface area (Å²) >= 11 is 0. The van der Waals surface area contributed by atoms with Gasteiger partial charge in [0.15, 0.2) is 0 Å². The van der Waals surface area contributed by atoms with Crippen LogP contribution in [0.5, 0.6) is 0 Å². The predicted molar refractivity (Wildman–Crippen MR) is 59.0 cm³/mol. The number of carbonyl (C=O) groups is 1. The summed E-state index contributed by atoms with van der Waals surface area (Å²) in [7, 11) is 0. The van der Waals surface area contributed by atoms with E-state index in [1.54, 1.807) is 0 Å². The zero-order valence-corrected chi connectivity index (χ0v) is 9.42. The van der Waals surface area contributed by atoms with E-state index in [9.17, 15) is 18.0 Å². The molecule has 0 atom stereocenters. The van der Waals surface area contributed by atoms with Crippen molar-refractivity contribution in [3.63, 3.8) is 0 Å². The van der Waals surface area contributed by atoms with Crippen LogP contribution >= 0.6 is 0 Å². The van der Waals surface area contributed by atoms with Gasteiger partial charge >= 0.3 is 12.2 Å². The molecule has 1 aliphatic rings. The first-order valence-electron chi connectivity index (χ1n) is 5.53. The molecule has 1 aromatic heterocycles. The normalized spacial score (nSPS) is 15.3. The van der Waals surface area contributed by atoms with Crippen LogP contribution in [0.2, 0.25) is 0 Å². The lowest BCUT2D eigenvalue weighted by molar-refractivity contribution is -0.137. The molecule has 4 nitrogen and oxygen atoms in total. The Balaban J connectivity index is 1.93. The molecule has 1 aliphatic carbocycles. The van der Waals surface area contributed by atoms with E-state index in [-0.39, 0.29) is 5.82 Å². The standard InChI is InChI=1S/C11H12F3N3O/c12-11(13,14)8-3-4-15-9(5-8)17-10(18)16-6-7-1-2-7/h3-5,7H,1-2,6H2,(H2,15,16,17,18). The molecule has 1 saturated carbocycles. The second-order valence-electron chi connectivity index (χ2n) is 4.21. The Bertz CT molecular complexity index is 443. The molecular formula is C11H12F3N3O. The molecule has 98 valence electrons. The average Bonchev–Trinajstić information content (AvgIpc) is 3.09. The zero-order valence-electron chi connectivity index (χ0n) is 9.42. The van der Waals surface area contributed by atoms with Crippen LogP contribution in [0.4, 0.5) is 23.8 Å². The van der Waals surface area contributed by atoms with Gasteiger partial charge in [-0.05, 0) is 30.9 Å². The fourth-order valence-electron chi connectivity index (χ4n) is 1.39. The monoisotopic (exact) mass is 259 g/mol. The number of anilines is 1. The Morgan fingerprint density at radius 3 is 2.78 bits per heavy atom. The SMILES string of the molecule is O=C(NCC1CC1)Nc1cc(C(F)(F)F)ccn1. The van der Waals surface area contributed by atoms with E-state index in [0.29, 0.717) is 12.5 Å². The molecule has 0 bridgehead atoms. The highest BCUT2D eigenvalue weighted by Gasteiger charge is 2.30. The van der Waals surface area contributed by atoms with Gasteiger partial charge in [0.25, 0.3) is 0 Å². The number of carbonyl (C=O) groups excluding carboxylic acids is 1. The molecule has 2 rings (SSSR count). The van der Waals surface area contributed by atoms with Gasteiger partial charge in [0, 0.05) is 12.7 Å². The van der Waals surface area contributed by atoms with Crippen molar-refractivity contribution < 1.29 is 18.0 Å². The number of halogens is 3. The van der Waals surface area contributed by atoms with Crippen LogP contribution in [-0.2, 0) is 6.18 Å². The van der Waals surface area contributed by atoms with Gasteiger partial charge in [0.1, 0.15) is 5.82 Å². The minimum absolute atomic E-state index is 0.113. The van der Waals surface area contributed by atoms with Crippen LogP contribution < -0.4 is 10.6 Å². The van der Waals surface area contributed by atoms with Gasteiger partial charge in [-0.25, -0.2) is 9.78 Å². The van der Waals surface area contributed by atoms with E-state index in [1.807, 2.05) is 0 Å². The highest BCUT2D eigenvalue weighted by atomic mass is 19.4. The van der Waals surface area contributed by atoms with Crippen LogP contribution in [0.3, 0.4) is 0 Å². The summed E-state index contributed by atoms with van der Waals surface area (Å²) in [4.78, 5) is 15.0. The highest BCUT2D eigenvalue weighted by molar-refractivity contribution is 5.88. The topological polar surface area (TPSA) is 54.0 Å². The van der Waals surface area contributed by atoms with Crippen molar-refractivity contribution in [3.8, 4) is 0 Å². The molecule has 2 N–H and O–H groups in total. The van der Waals surface area contributed by atoms with Gasteiger partial charge in [0.2, 0.25) is 0 Å². The number of hydrogen-bond donors (Lipinski definition) is 2. The summed E-state index contributed by atoms with van der Waals surface area (Å²) in [6.45, 7) is 0.546. The molecule has 2 amide bonds. The van der Waals surface area contributed by atoms with E-state index in [1.165, 1.54) is 0 Å². The van der Waals surface area contributed by atoms with Crippen LogP contribution in [0, 0.1) is 5.92 Å². The quantitative estimate of drug-likeness (QED) is 0.876. The summed E-state index contributed by atoms with van der Waals surface area (Å²) in [6, 6.07) is 1.12. The van der Waals surface area contributed by atoms with Crippen LogP contribution in [0.1, 0.15) is 18.4 Å². The van der Waals surface area contributed by atoms with Gasteiger partial charge < -0.3 is 5.32 Å². The first-order valence-corrected chi connectivity index (χ1v) is 5.53. The van der Waals surface area contributed by atoms with Crippen molar-refractivity contribution in [2.45, 2.75) is 19.0 Å². The van der Waals surface area contributed by atoms with E-state index in [4.69, 9.17) is 0 Å². The molecule has 7 heteroatoms. The van der Waals surface area contributed by atoms with Crippen molar-refractivity contribution in [1.82, 2.24) is 10.3 Å². The van der Waals surface area contributed by atoms with E-state index < -0.39 is 17.8 Å². The van der Waals surface area contributed by atoms with Gasteiger partial charge in [-0.2, -0.15) is 13.2 Å². The van der Waals surface area contributed by atoms with E-state index >= 15 is 0 Å². The summed E-state index contributed by atoms with van der Waals surface area (Å²) < 4.78 is 37.2. The number of alkyl halides is 3. The van der Waals surface area contributed by atoms with Crippen molar-refractivity contribution in [2.75, 3.05) is 11.9 Å². The summed E-state index contributed by atoms with van der Waals surface area (Å²) in [5.41, 5.74) is -0.838. The van der Waals surface area contributed by atoms with Crippen molar-refractivity contribution in [1.29, 1.82) is 0 Å². The third kappa shape index (κ3) is 3.61. The number of nitrogens with one attached hydrogen (secondary N) is 2. The molecule has 0 aliphatic heterocycles. The lowest BCUT2D eigenvalue weighted by atomic mass is 10.2. The largest absolute Gasteiger partial charge is 0.416 e. The number of urea groups is 1. The average molecular weight is 259 g/mol. The third-order valence-corrected chi connectivity index (χ3v) is 2.58. The number of nitrogens with zero attached hydrogens (tertiary/aromatic N) is 1. The molecule has 18 heavy (non-hydrogen) atoms. The molecule has 1 heterocycles. The maximum atomic E-state index is 12.4. The molecule has 0 aromatic carbocycles. The Morgan fingerprint density at radius 1 is 1.44 bits per heavy atom. The number of aromatic nitrogens is 1. The Kier molecular flexibility index (Phi) is 3.40. The minimum Gasteiger partial charge on any atom is -0.338 e. The second kappa shape index (κ2) is 4.83. The second-order valence-corrected chi connectivity index (χ2v) is 4.21. The lowest BCUT2D eigenvalue weighted by Crippen LogP contribution is -2.30. The molecule has 1 fully saturated rings. The minimum atomic E-state index is -4.44. The first-order chi connectivity index (χ1) is 8.45. The molecule has 1 aromatic rings. The molecule has 0 unspecified atom stereocenters. The van der Waals surface area contributed by atoms with E-state index in [0.717, 1.165) is 31.2 Å². The van der Waals surface area contributed by atoms with Crippen LogP contribution in [0.15, 0.2) is 18.3 Å². The zero-order chi connectivity index (χ0) is 13.2. The maximum Gasteiger partial charge on any atom is 0.416 e. The lowest BCUT2D eigenvalue weighted by Gasteiger charge is -2.09. The third-order valence-electron chi connectivity index (χ3n) is 2.58. The molecule has 0 radical (unpaired) electrons. The molecule has 0 spiro atoms. The molecule has 0 saturated heterocycles. The summed E-state index contributed by atoms with van der Waals surface area (Å²) in [5, 5.41) is 4.86. The smallest absolute Gasteiger partial charge is 0.338 e. The fourth-order valence-corrected chi connectivity index (χ4v) is 1.39. The maximum absolute atomic E-state index is 12.4. The fraction of sp³-hybridized carbons (Fsp3) is 0.455. The number of hydrogen-bond acceptors (Lipinski definition) is 2. The Labute approximate surface area is 102 Å². The Hall–Kier alpha value is -1.79. The van der Waals surface area contributed by atoms with E-state index in [2.05, 4.69) is 15.6 Å². The number of rotatable bonds is 3. The van der Waals surface area contributed by atoms with Gasteiger partial charge in [-0.3, -0.25) is 5.32 Å². The van der Waals surface area contributed by atoms with Gasteiger partial charge in [-0.15, -0.1) is 0 Å². The predicted octanol–water partition coefficient (Wildman–Crippen LogP) is 2.63. The number of amides is 2. The molecular weight excluding hydrogens is 247 g/mol. The van der Waals surface area contributed by atoms with Crippen molar-refractivity contribution >= 4 is 11.8 Å². The van der Waals surface area contributed by atoms with Crippen LogP contribution in [0.25, 0.3) is 0 Å². The van der Waals surface area contributed by atoms with Gasteiger partial charge in [-0.1, -0.05) is 0 Å². The highest BCUT2D eigenvalue weighted by Crippen LogP contribution is 2.30. The Morgan fingerprint density at radius 2 is 2.17 bits per heavy atom. The first kappa shape index (κ1) is 12.7. The summed E-state index contributed by atoms with van der Waals surface area (Å²) in [5.74, 6) is 0.392. The van der Waals surface area contributed by atoms with Gasteiger partial charge in [0.05, 0.1) is 5.56 Å². The number of pyridine rings is 1. The summed E-state index contributed by atoms with van der Waals surface area (Å²) in [6.07, 6.45) is -1.26.